The van der Waals surface area contributed by atoms with Gasteiger partial charge in [-0.2, -0.15) is 0 Å². The zero-order valence-corrected chi connectivity index (χ0v) is 10.3. The number of phenols is 2. The molecule has 0 amide bonds. The molecule has 4 heteroatoms. The van der Waals surface area contributed by atoms with Crippen LogP contribution in [0.4, 0.5) is 0 Å². The highest BCUT2D eigenvalue weighted by Crippen LogP contribution is 2.30. The van der Waals surface area contributed by atoms with Crippen molar-refractivity contribution < 1.29 is 10.2 Å². The fourth-order valence-electron chi connectivity index (χ4n) is 1.93. The Balaban J connectivity index is 2.21. The molecular formula is C15H12N2O2. The normalized spacial score (nSPS) is 10.8. The first-order valence-corrected chi connectivity index (χ1v) is 5.90. The summed E-state index contributed by atoms with van der Waals surface area (Å²) >= 11 is 0. The molecule has 2 aromatic carbocycles. The number of fused-ring (bicyclic) bond motifs is 1. The maximum Gasteiger partial charge on any atom is 0.143 e. The van der Waals surface area contributed by atoms with E-state index in [-0.39, 0.29) is 11.5 Å². The van der Waals surface area contributed by atoms with Crippen molar-refractivity contribution in [1.29, 1.82) is 0 Å². The maximum atomic E-state index is 9.80. The van der Waals surface area contributed by atoms with Gasteiger partial charge in [0.05, 0.1) is 11.9 Å². The largest absolute Gasteiger partial charge is 0.506 e. The molecule has 19 heavy (non-hydrogen) atoms. The van der Waals surface area contributed by atoms with Crippen molar-refractivity contribution in [2.75, 3.05) is 0 Å². The van der Waals surface area contributed by atoms with E-state index >= 15 is 0 Å². The van der Waals surface area contributed by atoms with Crippen LogP contribution in [0.2, 0.25) is 0 Å². The van der Waals surface area contributed by atoms with E-state index in [1.54, 1.807) is 6.20 Å². The highest BCUT2D eigenvalue weighted by Gasteiger charge is 2.09. The fourth-order valence-corrected chi connectivity index (χ4v) is 1.93. The van der Waals surface area contributed by atoms with Gasteiger partial charge >= 0.3 is 0 Å². The van der Waals surface area contributed by atoms with Gasteiger partial charge in [-0.15, -0.1) is 0 Å². The average molecular weight is 252 g/mol. The van der Waals surface area contributed by atoms with E-state index in [1.807, 2.05) is 31.2 Å². The lowest BCUT2D eigenvalue weighted by molar-refractivity contribution is 0.467. The molecule has 0 saturated carbocycles. The van der Waals surface area contributed by atoms with Gasteiger partial charge in [0.15, 0.2) is 0 Å². The molecule has 1 heterocycles. The monoisotopic (exact) mass is 252 g/mol. The summed E-state index contributed by atoms with van der Waals surface area (Å²) in [5, 5.41) is 19.5. The summed E-state index contributed by atoms with van der Waals surface area (Å²) in [6.45, 7) is 2.01. The summed E-state index contributed by atoms with van der Waals surface area (Å²) < 4.78 is 0. The molecule has 0 bridgehead atoms. The topological polar surface area (TPSA) is 66.2 Å². The van der Waals surface area contributed by atoms with Gasteiger partial charge < -0.3 is 10.2 Å². The first-order chi connectivity index (χ1) is 9.15. The van der Waals surface area contributed by atoms with E-state index in [1.165, 1.54) is 12.1 Å². The molecule has 2 N–H and O–H groups in total. The minimum atomic E-state index is 0.00858. The molecule has 0 atom stereocenters. The number of aromatic nitrogens is 2. The van der Waals surface area contributed by atoms with Crippen LogP contribution in [-0.4, -0.2) is 20.2 Å². The number of nitrogens with zero attached hydrogens (tertiary/aromatic N) is 2. The van der Waals surface area contributed by atoms with Crippen LogP contribution in [0.5, 0.6) is 11.5 Å². The lowest BCUT2D eigenvalue weighted by atomic mass is 10.1. The van der Waals surface area contributed by atoms with Crippen molar-refractivity contribution >= 4 is 11.0 Å². The first kappa shape index (κ1) is 11.5. The van der Waals surface area contributed by atoms with Gasteiger partial charge in [0.25, 0.3) is 0 Å². The summed E-state index contributed by atoms with van der Waals surface area (Å²) in [4.78, 5) is 8.53. The van der Waals surface area contributed by atoms with Gasteiger partial charge in [0, 0.05) is 5.56 Å². The average Bonchev–Trinajstić information content (AvgIpc) is 2.43. The van der Waals surface area contributed by atoms with Crippen molar-refractivity contribution in [2.45, 2.75) is 6.92 Å². The Bertz CT molecular complexity index is 752. The summed E-state index contributed by atoms with van der Waals surface area (Å²) in [7, 11) is 0. The number of phenolic OH excluding ortho intramolecular Hbond substituents is 2. The van der Waals surface area contributed by atoms with Gasteiger partial charge in [0.2, 0.25) is 0 Å². The van der Waals surface area contributed by atoms with Gasteiger partial charge in [0.1, 0.15) is 22.5 Å². The quantitative estimate of drug-likeness (QED) is 0.653. The van der Waals surface area contributed by atoms with E-state index < -0.39 is 0 Å². The van der Waals surface area contributed by atoms with Crippen molar-refractivity contribution in [2.24, 2.45) is 0 Å². The summed E-state index contributed by atoms with van der Waals surface area (Å²) in [6, 6.07) is 10.7. The minimum Gasteiger partial charge on any atom is -0.506 e. The summed E-state index contributed by atoms with van der Waals surface area (Å²) in [6.07, 6.45) is 1.59. The molecule has 0 radical (unpaired) electrons. The third-order valence-corrected chi connectivity index (χ3v) is 3.00. The van der Waals surface area contributed by atoms with Crippen molar-refractivity contribution in [3.8, 4) is 22.8 Å². The summed E-state index contributed by atoms with van der Waals surface area (Å²) in [5.74, 6) is 0.0185. The van der Waals surface area contributed by atoms with Crippen LogP contribution in [0.15, 0.2) is 42.6 Å². The van der Waals surface area contributed by atoms with Gasteiger partial charge in [-0.25, -0.2) is 9.97 Å². The van der Waals surface area contributed by atoms with Gasteiger partial charge in [-0.05, 0) is 19.1 Å². The third-order valence-electron chi connectivity index (χ3n) is 3.00. The lowest BCUT2D eigenvalue weighted by Crippen LogP contribution is -1.89. The zero-order valence-electron chi connectivity index (χ0n) is 10.3. The Morgan fingerprint density at radius 2 is 1.47 bits per heavy atom. The number of aryl methyl sites for hydroxylation is 1. The number of rotatable bonds is 1. The third kappa shape index (κ3) is 1.97. The Kier molecular flexibility index (Phi) is 2.56. The molecule has 0 unspecified atom stereocenters. The molecule has 0 fully saturated rings. The summed E-state index contributed by atoms with van der Waals surface area (Å²) in [5.41, 5.74) is 3.35. The minimum absolute atomic E-state index is 0.00858. The highest BCUT2D eigenvalue weighted by atomic mass is 16.3. The number of aromatic hydroxyl groups is 2. The van der Waals surface area contributed by atoms with E-state index in [2.05, 4.69) is 9.97 Å². The Morgan fingerprint density at radius 1 is 0.842 bits per heavy atom. The second kappa shape index (κ2) is 4.24. The van der Waals surface area contributed by atoms with E-state index in [0.29, 0.717) is 16.7 Å². The first-order valence-electron chi connectivity index (χ1n) is 5.90. The second-order valence-electron chi connectivity index (χ2n) is 4.42. The van der Waals surface area contributed by atoms with Crippen molar-refractivity contribution in [3.05, 3.63) is 48.2 Å². The standard InChI is InChI=1S/C15H12N2O2/c1-9-2-4-10(5-3-9)11-8-16-14-12(18)6-7-13(19)15(14)17-11/h2-8,18-19H,1H3. The zero-order chi connectivity index (χ0) is 13.4. The molecule has 0 aliphatic rings. The number of benzene rings is 2. The van der Waals surface area contributed by atoms with Gasteiger partial charge in [-0.1, -0.05) is 29.8 Å². The molecule has 0 aliphatic carbocycles. The van der Waals surface area contributed by atoms with Gasteiger partial charge in [-0.3, -0.25) is 0 Å². The Morgan fingerprint density at radius 3 is 2.16 bits per heavy atom. The van der Waals surface area contributed by atoms with E-state index in [0.717, 1.165) is 11.1 Å². The number of hydrogen-bond donors (Lipinski definition) is 2. The van der Waals surface area contributed by atoms with Crippen LogP contribution < -0.4 is 0 Å². The van der Waals surface area contributed by atoms with Crippen molar-refractivity contribution in [1.82, 2.24) is 9.97 Å². The Labute approximate surface area is 110 Å². The highest BCUT2D eigenvalue weighted by molar-refractivity contribution is 5.87. The molecule has 3 rings (SSSR count). The molecular weight excluding hydrogens is 240 g/mol. The van der Waals surface area contributed by atoms with Crippen molar-refractivity contribution in [3.63, 3.8) is 0 Å². The van der Waals surface area contributed by atoms with Crippen LogP contribution in [0.3, 0.4) is 0 Å². The van der Waals surface area contributed by atoms with Crippen LogP contribution in [0.25, 0.3) is 22.3 Å². The molecule has 1 aromatic heterocycles. The lowest BCUT2D eigenvalue weighted by Gasteiger charge is -2.05. The van der Waals surface area contributed by atoms with Crippen LogP contribution in [0.1, 0.15) is 5.56 Å². The predicted octanol–water partition coefficient (Wildman–Crippen LogP) is 3.02. The van der Waals surface area contributed by atoms with E-state index in [9.17, 15) is 10.2 Å². The fraction of sp³-hybridized carbons (Fsp3) is 0.0667. The predicted molar refractivity (Wildman–Crippen MR) is 73.0 cm³/mol. The van der Waals surface area contributed by atoms with Crippen LogP contribution in [-0.2, 0) is 0 Å². The molecule has 3 aromatic rings. The van der Waals surface area contributed by atoms with E-state index in [4.69, 9.17) is 0 Å². The van der Waals surface area contributed by atoms with Crippen LogP contribution >= 0.6 is 0 Å². The smallest absolute Gasteiger partial charge is 0.143 e. The molecule has 0 aliphatic heterocycles. The number of hydrogen-bond acceptors (Lipinski definition) is 4. The molecule has 0 spiro atoms. The molecule has 0 saturated heterocycles. The maximum absolute atomic E-state index is 9.80. The molecule has 94 valence electrons. The SMILES string of the molecule is Cc1ccc(-c2cnc3c(O)ccc(O)c3n2)cc1. The van der Waals surface area contributed by atoms with Crippen LogP contribution in [0, 0.1) is 6.92 Å². The molecule has 4 nitrogen and oxygen atoms in total. The second-order valence-corrected chi connectivity index (χ2v) is 4.42. The Hall–Kier alpha value is -2.62.